The standard InChI is InChI=1S/C22H19ClN2O5S/c1-3-16-6-8-17(9-7-16)24(31(29,30)19-11-4-15(2)5-12-19)22(26)20-14-18(25(27)28)10-13-21(20)23/h4-14H,3H2,1-2H3. The second-order valence-corrected chi connectivity index (χ2v) is 9.02. The van der Waals surface area contributed by atoms with Gasteiger partial charge in [0.25, 0.3) is 21.6 Å². The van der Waals surface area contributed by atoms with Crippen molar-refractivity contribution in [3.63, 3.8) is 0 Å². The molecule has 0 aliphatic rings. The number of carbonyl (C=O) groups is 1. The number of hydrogen-bond donors (Lipinski definition) is 0. The van der Waals surface area contributed by atoms with Gasteiger partial charge in [0.1, 0.15) is 0 Å². The molecule has 9 heteroatoms. The Morgan fingerprint density at radius 1 is 1.03 bits per heavy atom. The van der Waals surface area contributed by atoms with Gasteiger partial charge in [0, 0.05) is 12.1 Å². The second kappa shape index (κ2) is 8.87. The van der Waals surface area contributed by atoms with E-state index in [1.165, 1.54) is 30.3 Å². The smallest absolute Gasteiger partial charge is 0.268 e. The Balaban J connectivity index is 2.20. The summed E-state index contributed by atoms with van der Waals surface area (Å²) in [5, 5.41) is 11.1. The maximum Gasteiger partial charge on any atom is 0.274 e. The molecule has 0 bridgehead atoms. The van der Waals surface area contributed by atoms with Gasteiger partial charge >= 0.3 is 0 Å². The number of nitro benzene ring substituents is 1. The van der Waals surface area contributed by atoms with Crippen LogP contribution in [0.15, 0.2) is 71.6 Å². The third-order valence-electron chi connectivity index (χ3n) is 4.71. The number of rotatable bonds is 6. The molecule has 7 nitrogen and oxygen atoms in total. The van der Waals surface area contributed by atoms with E-state index in [0.717, 1.165) is 29.7 Å². The highest BCUT2D eigenvalue weighted by molar-refractivity contribution is 7.93. The number of amides is 1. The number of hydrogen-bond acceptors (Lipinski definition) is 5. The third-order valence-corrected chi connectivity index (χ3v) is 6.77. The van der Waals surface area contributed by atoms with Gasteiger partial charge in [-0.05, 0) is 49.2 Å². The van der Waals surface area contributed by atoms with Crippen molar-refractivity contribution in [2.75, 3.05) is 4.31 Å². The second-order valence-electron chi connectivity index (χ2n) is 6.83. The highest BCUT2D eigenvalue weighted by Crippen LogP contribution is 2.30. The Labute approximate surface area is 185 Å². The van der Waals surface area contributed by atoms with E-state index in [-0.39, 0.29) is 26.9 Å². The van der Waals surface area contributed by atoms with Crippen molar-refractivity contribution >= 4 is 38.9 Å². The molecule has 31 heavy (non-hydrogen) atoms. The zero-order chi connectivity index (χ0) is 22.8. The predicted molar refractivity (Wildman–Crippen MR) is 119 cm³/mol. The molecule has 0 N–H and O–H groups in total. The van der Waals surface area contributed by atoms with Crippen molar-refractivity contribution in [1.29, 1.82) is 0 Å². The van der Waals surface area contributed by atoms with Crippen LogP contribution in [-0.2, 0) is 16.4 Å². The van der Waals surface area contributed by atoms with Crippen LogP contribution in [0.3, 0.4) is 0 Å². The predicted octanol–water partition coefficient (Wildman–Crippen LogP) is 5.15. The van der Waals surface area contributed by atoms with Crippen LogP contribution in [-0.4, -0.2) is 19.2 Å². The molecule has 0 aliphatic heterocycles. The number of non-ortho nitro benzene ring substituents is 1. The number of nitro groups is 1. The lowest BCUT2D eigenvalue weighted by Crippen LogP contribution is -2.37. The monoisotopic (exact) mass is 458 g/mol. The molecule has 3 aromatic carbocycles. The number of nitrogens with zero attached hydrogens (tertiary/aromatic N) is 2. The van der Waals surface area contributed by atoms with Gasteiger partial charge in [-0.25, -0.2) is 8.42 Å². The summed E-state index contributed by atoms with van der Waals surface area (Å²) in [5.41, 5.74) is 1.25. The largest absolute Gasteiger partial charge is 0.274 e. The topological polar surface area (TPSA) is 97.6 Å². The summed E-state index contributed by atoms with van der Waals surface area (Å²) in [6.07, 6.45) is 0.732. The van der Waals surface area contributed by atoms with Crippen LogP contribution in [0.5, 0.6) is 0 Å². The Hall–Kier alpha value is -3.23. The van der Waals surface area contributed by atoms with E-state index in [1.54, 1.807) is 24.3 Å². The Morgan fingerprint density at radius 3 is 2.19 bits per heavy atom. The molecule has 0 fully saturated rings. The van der Waals surface area contributed by atoms with Crippen LogP contribution in [0.25, 0.3) is 0 Å². The summed E-state index contributed by atoms with van der Waals surface area (Å²) in [4.78, 5) is 23.8. The molecule has 1 amide bonds. The summed E-state index contributed by atoms with van der Waals surface area (Å²) in [6, 6.07) is 15.8. The van der Waals surface area contributed by atoms with Crippen LogP contribution in [0.4, 0.5) is 11.4 Å². The van der Waals surface area contributed by atoms with Gasteiger partial charge in [-0.1, -0.05) is 48.4 Å². The van der Waals surface area contributed by atoms with Gasteiger partial charge in [0.2, 0.25) is 0 Å². The van der Waals surface area contributed by atoms with Gasteiger partial charge in [-0.3, -0.25) is 14.9 Å². The first kappa shape index (κ1) is 22.5. The molecule has 0 saturated heterocycles. The fourth-order valence-electron chi connectivity index (χ4n) is 2.95. The number of aryl methyl sites for hydroxylation is 2. The molecule has 3 aromatic rings. The van der Waals surface area contributed by atoms with Crippen molar-refractivity contribution in [3.8, 4) is 0 Å². The molecule has 0 atom stereocenters. The Morgan fingerprint density at radius 2 is 1.65 bits per heavy atom. The van der Waals surface area contributed by atoms with E-state index in [2.05, 4.69) is 0 Å². The van der Waals surface area contributed by atoms with Crippen molar-refractivity contribution in [2.24, 2.45) is 0 Å². The van der Waals surface area contributed by atoms with E-state index in [4.69, 9.17) is 11.6 Å². The minimum Gasteiger partial charge on any atom is -0.268 e. The minimum atomic E-state index is -4.33. The molecule has 0 aromatic heterocycles. The number of sulfonamides is 1. The quantitative estimate of drug-likeness (QED) is 0.375. The molecule has 160 valence electrons. The van der Waals surface area contributed by atoms with E-state index < -0.39 is 20.9 Å². The van der Waals surface area contributed by atoms with Gasteiger partial charge < -0.3 is 0 Å². The minimum absolute atomic E-state index is 0.0902. The van der Waals surface area contributed by atoms with Crippen LogP contribution < -0.4 is 4.31 Å². The first-order chi connectivity index (χ1) is 14.6. The van der Waals surface area contributed by atoms with E-state index >= 15 is 0 Å². The molecule has 0 saturated carbocycles. The van der Waals surface area contributed by atoms with Crippen LogP contribution in [0, 0.1) is 17.0 Å². The lowest BCUT2D eigenvalue weighted by molar-refractivity contribution is -0.384. The van der Waals surface area contributed by atoms with Crippen molar-refractivity contribution in [2.45, 2.75) is 25.2 Å². The van der Waals surface area contributed by atoms with Gasteiger partial charge in [-0.2, -0.15) is 4.31 Å². The van der Waals surface area contributed by atoms with E-state index in [1.807, 2.05) is 13.8 Å². The SMILES string of the molecule is CCc1ccc(N(C(=O)c2cc([N+](=O)[O-])ccc2Cl)S(=O)(=O)c2ccc(C)cc2)cc1. The van der Waals surface area contributed by atoms with E-state index in [0.29, 0.717) is 4.31 Å². The average Bonchev–Trinajstić information content (AvgIpc) is 2.74. The highest BCUT2D eigenvalue weighted by atomic mass is 35.5. The third kappa shape index (κ3) is 4.60. The molecule has 0 heterocycles. The van der Waals surface area contributed by atoms with Crippen LogP contribution >= 0.6 is 11.6 Å². The lowest BCUT2D eigenvalue weighted by atomic mass is 10.1. The summed E-state index contributed by atoms with van der Waals surface area (Å²) < 4.78 is 27.6. The summed E-state index contributed by atoms with van der Waals surface area (Å²) in [5.74, 6) is -0.987. The molecular formula is C22H19ClN2O5S. The fourth-order valence-corrected chi connectivity index (χ4v) is 4.55. The lowest BCUT2D eigenvalue weighted by Gasteiger charge is -2.23. The number of halogens is 1. The van der Waals surface area contributed by atoms with Gasteiger partial charge in [-0.15, -0.1) is 0 Å². The summed E-state index contributed by atoms with van der Waals surface area (Å²) >= 11 is 6.13. The molecule has 0 aliphatic carbocycles. The summed E-state index contributed by atoms with van der Waals surface area (Å²) in [6.45, 7) is 3.76. The maximum absolute atomic E-state index is 13.5. The molecule has 3 rings (SSSR count). The molecule has 0 spiro atoms. The Bertz CT molecular complexity index is 1240. The van der Waals surface area contributed by atoms with Gasteiger partial charge in [0.05, 0.1) is 26.1 Å². The van der Waals surface area contributed by atoms with Crippen LogP contribution in [0.1, 0.15) is 28.4 Å². The first-order valence-corrected chi connectivity index (χ1v) is 11.2. The highest BCUT2D eigenvalue weighted by Gasteiger charge is 2.33. The van der Waals surface area contributed by atoms with Crippen molar-refractivity contribution in [1.82, 2.24) is 0 Å². The normalized spacial score (nSPS) is 11.2. The van der Waals surface area contributed by atoms with Crippen molar-refractivity contribution < 1.29 is 18.1 Å². The molecular weight excluding hydrogens is 440 g/mol. The van der Waals surface area contributed by atoms with E-state index in [9.17, 15) is 23.3 Å². The fraction of sp³-hybridized carbons (Fsp3) is 0.136. The maximum atomic E-state index is 13.5. The van der Waals surface area contributed by atoms with Crippen molar-refractivity contribution in [3.05, 3.63) is 98.6 Å². The van der Waals surface area contributed by atoms with Crippen LogP contribution in [0.2, 0.25) is 5.02 Å². The Kier molecular flexibility index (Phi) is 6.42. The first-order valence-electron chi connectivity index (χ1n) is 9.34. The summed E-state index contributed by atoms with van der Waals surface area (Å²) in [7, 11) is -4.33. The number of benzene rings is 3. The molecule has 0 radical (unpaired) electrons. The number of anilines is 1. The number of carbonyl (C=O) groups excluding carboxylic acids is 1. The zero-order valence-electron chi connectivity index (χ0n) is 16.8. The molecule has 0 unspecified atom stereocenters. The zero-order valence-corrected chi connectivity index (χ0v) is 18.4. The average molecular weight is 459 g/mol. The van der Waals surface area contributed by atoms with Gasteiger partial charge in [0.15, 0.2) is 0 Å².